The normalized spacial score (nSPS) is 13.6. The van der Waals surface area contributed by atoms with Crippen molar-refractivity contribution in [3.05, 3.63) is 52.0 Å². The molecule has 0 saturated carbocycles. The van der Waals surface area contributed by atoms with Gasteiger partial charge in [0, 0.05) is 22.4 Å². The molecular formula is C15H15BrN2O2S. The predicted octanol–water partition coefficient (Wildman–Crippen LogP) is 3.53. The van der Waals surface area contributed by atoms with E-state index in [4.69, 9.17) is 0 Å². The molecule has 0 unspecified atom stereocenters. The lowest BCUT2D eigenvalue weighted by Gasteiger charge is -2.10. The average molecular weight is 367 g/mol. The van der Waals surface area contributed by atoms with Crippen LogP contribution in [-0.4, -0.2) is 15.0 Å². The zero-order chi connectivity index (χ0) is 15.0. The van der Waals surface area contributed by atoms with Gasteiger partial charge >= 0.3 is 0 Å². The molecule has 0 fully saturated rings. The van der Waals surface area contributed by atoms with Gasteiger partial charge in [-0.05, 0) is 54.8 Å². The number of rotatable bonds is 3. The first kappa shape index (κ1) is 14.4. The van der Waals surface area contributed by atoms with Crippen molar-refractivity contribution in [1.29, 1.82) is 0 Å². The molecule has 4 nitrogen and oxygen atoms in total. The highest BCUT2D eigenvalue weighted by Crippen LogP contribution is 2.27. The third-order valence-corrected chi connectivity index (χ3v) is 5.75. The Kier molecular flexibility index (Phi) is 3.67. The summed E-state index contributed by atoms with van der Waals surface area (Å²) in [5.74, 6) is 0. The number of fused-ring (bicyclic) bond motifs is 1. The second-order valence-electron chi connectivity index (χ2n) is 5.07. The Morgan fingerprint density at radius 2 is 2.00 bits per heavy atom. The third-order valence-electron chi connectivity index (χ3n) is 3.52. The minimum absolute atomic E-state index is 0.293. The topological polar surface area (TPSA) is 58.2 Å². The molecule has 0 radical (unpaired) electrons. The second-order valence-corrected chi connectivity index (χ2v) is 7.60. The Labute approximate surface area is 132 Å². The molecule has 0 amide bonds. The molecule has 0 aromatic heterocycles. The molecule has 110 valence electrons. The maximum atomic E-state index is 12.5. The first-order valence-electron chi connectivity index (χ1n) is 6.61. The van der Waals surface area contributed by atoms with E-state index in [1.54, 1.807) is 24.3 Å². The van der Waals surface area contributed by atoms with Crippen molar-refractivity contribution in [1.82, 2.24) is 0 Å². The van der Waals surface area contributed by atoms with Crippen molar-refractivity contribution in [2.45, 2.75) is 18.2 Å². The third kappa shape index (κ3) is 2.91. The summed E-state index contributed by atoms with van der Waals surface area (Å²) in [5, 5.41) is 3.22. The van der Waals surface area contributed by atoms with Gasteiger partial charge in [-0.1, -0.05) is 22.0 Å². The van der Waals surface area contributed by atoms with Crippen LogP contribution >= 0.6 is 15.9 Å². The minimum Gasteiger partial charge on any atom is -0.384 e. The summed E-state index contributed by atoms with van der Waals surface area (Å²) in [6.07, 6.45) is 0.856. The van der Waals surface area contributed by atoms with E-state index in [1.165, 1.54) is 0 Å². The van der Waals surface area contributed by atoms with Gasteiger partial charge in [0.15, 0.2) is 0 Å². The van der Waals surface area contributed by atoms with Crippen LogP contribution < -0.4 is 10.0 Å². The Morgan fingerprint density at radius 1 is 1.19 bits per heavy atom. The van der Waals surface area contributed by atoms with Gasteiger partial charge in [0.05, 0.1) is 4.90 Å². The van der Waals surface area contributed by atoms with Crippen LogP contribution in [0.1, 0.15) is 11.1 Å². The first-order valence-corrected chi connectivity index (χ1v) is 8.89. The van der Waals surface area contributed by atoms with E-state index in [-0.39, 0.29) is 0 Å². The largest absolute Gasteiger partial charge is 0.384 e. The van der Waals surface area contributed by atoms with Crippen molar-refractivity contribution in [3.63, 3.8) is 0 Å². The Morgan fingerprint density at radius 3 is 2.76 bits per heavy atom. The summed E-state index contributed by atoms with van der Waals surface area (Å²) in [6, 6.07) is 10.6. The number of aryl methyl sites for hydroxylation is 1. The molecule has 1 heterocycles. The smallest absolute Gasteiger partial charge is 0.261 e. The lowest BCUT2D eigenvalue weighted by atomic mass is 10.2. The van der Waals surface area contributed by atoms with E-state index < -0.39 is 10.0 Å². The van der Waals surface area contributed by atoms with Crippen LogP contribution in [0.25, 0.3) is 0 Å². The van der Waals surface area contributed by atoms with Crippen LogP contribution in [-0.2, 0) is 16.4 Å². The van der Waals surface area contributed by atoms with E-state index in [0.29, 0.717) is 10.6 Å². The van der Waals surface area contributed by atoms with Crippen LogP contribution in [0.2, 0.25) is 0 Å². The quantitative estimate of drug-likeness (QED) is 0.873. The van der Waals surface area contributed by atoms with Gasteiger partial charge in [-0.3, -0.25) is 4.72 Å². The van der Waals surface area contributed by atoms with Gasteiger partial charge in [-0.15, -0.1) is 0 Å². The van der Waals surface area contributed by atoms with E-state index in [9.17, 15) is 8.42 Å². The molecule has 3 rings (SSSR count). The number of anilines is 2. The molecule has 0 atom stereocenters. The summed E-state index contributed by atoms with van der Waals surface area (Å²) in [7, 11) is -3.56. The highest BCUT2D eigenvalue weighted by atomic mass is 79.9. The van der Waals surface area contributed by atoms with E-state index >= 15 is 0 Å². The number of hydrogen-bond donors (Lipinski definition) is 2. The lowest BCUT2D eigenvalue weighted by molar-refractivity contribution is 0.601. The zero-order valence-corrected chi connectivity index (χ0v) is 13.9. The van der Waals surface area contributed by atoms with E-state index in [2.05, 4.69) is 26.0 Å². The van der Waals surface area contributed by atoms with Crippen LogP contribution in [0.4, 0.5) is 11.4 Å². The number of nitrogens with one attached hydrogen (secondary N) is 2. The van der Waals surface area contributed by atoms with Crippen molar-refractivity contribution >= 4 is 37.3 Å². The lowest BCUT2D eigenvalue weighted by Crippen LogP contribution is -2.13. The summed E-state index contributed by atoms with van der Waals surface area (Å²) in [6.45, 7) is 2.81. The van der Waals surface area contributed by atoms with Gasteiger partial charge in [0.25, 0.3) is 10.0 Å². The van der Waals surface area contributed by atoms with Crippen LogP contribution in [0.15, 0.2) is 45.8 Å². The molecule has 0 bridgehead atoms. The zero-order valence-electron chi connectivity index (χ0n) is 11.5. The summed E-state index contributed by atoms with van der Waals surface area (Å²) >= 11 is 3.41. The highest BCUT2D eigenvalue weighted by molar-refractivity contribution is 9.10. The number of halogens is 1. The van der Waals surface area contributed by atoms with Gasteiger partial charge in [0.2, 0.25) is 0 Å². The Balaban J connectivity index is 1.91. The van der Waals surface area contributed by atoms with Gasteiger partial charge in [-0.25, -0.2) is 8.42 Å². The molecule has 1 aliphatic rings. The number of sulfonamides is 1. The molecule has 0 aliphatic carbocycles. The molecular weight excluding hydrogens is 352 g/mol. The molecule has 1 aliphatic heterocycles. The fraction of sp³-hybridized carbons (Fsp3) is 0.200. The molecule has 0 saturated heterocycles. The Hall–Kier alpha value is -1.53. The van der Waals surface area contributed by atoms with Gasteiger partial charge in [0.1, 0.15) is 0 Å². The molecule has 21 heavy (non-hydrogen) atoms. The van der Waals surface area contributed by atoms with E-state index in [0.717, 1.165) is 34.3 Å². The maximum Gasteiger partial charge on any atom is 0.261 e. The van der Waals surface area contributed by atoms with Crippen molar-refractivity contribution < 1.29 is 8.42 Å². The van der Waals surface area contributed by atoms with Crippen LogP contribution in [0, 0.1) is 6.92 Å². The highest BCUT2D eigenvalue weighted by Gasteiger charge is 2.18. The SMILES string of the molecule is Cc1ccc(NS(=O)(=O)c2ccc3c(c2)CCN3)cc1Br. The standard InChI is InChI=1S/C15H15BrN2O2S/c1-10-2-3-12(9-14(10)16)18-21(19,20)13-4-5-15-11(8-13)6-7-17-15/h2-5,8-9,17-18H,6-7H2,1H3. The molecule has 6 heteroatoms. The molecule has 0 spiro atoms. The average Bonchev–Trinajstić information content (AvgIpc) is 2.90. The summed E-state index contributed by atoms with van der Waals surface area (Å²) < 4.78 is 28.4. The maximum absolute atomic E-state index is 12.5. The van der Waals surface area contributed by atoms with Gasteiger partial charge in [-0.2, -0.15) is 0 Å². The summed E-state index contributed by atoms with van der Waals surface area (Å²) in [5.41, 5.74) is 3.67. The molecule has 2 aromatic carbocycles. The Bertz CT molecular complexity index is 803. The van der Waals surface area contributed by atoms with Crippen molar-refractivity contribution in [3.8, 4) is 0 Å². The monoisotopic (exact) mass is 366 g/mol. The number of benzene rings is 2. The number of hydrogen-bond acceptors (Lipinski definition) is 3. The summed E-state index contributed by atoms with van der Waals surface area (Å²) in [4.78, 5) is 0.293. The molecule has 2 N–H and O–H groups in total. The minimum atomic E-state index is -3.56. The predicted molar refractivity (Wildman–Crippen MR) is 88.3 cm³/mol. The van der Waals surface area contributed by atoms with Gasteiger partial charge < -0.3 is 5.32 Å². The fourth-order valence-electron chi connectivity index (χ4n) is 2.32. The van der Waals surface area contributed by atoms with Crippen LogP contribution in [0.3, 0.4) is 0 Å². The van der Waals surface area contributed by atoms with Crippen LogP contribution in [0.5, 0.6) is 0 Å². The second kappa shape index (κ2) is 5.35. The van der Waals surface area contributed by atoms with E-state index in [1.807, 2.05) is 19.1 Å². The van der Waals surface area contributed by atoms with Crippen molar-refractivity contribution in [2.24, 2.45) is 0 Å². The van der Waals surface area contributed by atoms with Crippen molar-refractivity contribution in [2.75, 3.05) is 16.6 Å². The fourth-order valence-corrected chi connectivity index (χ4v) is 3.80. The first-order chi connectivity index (χ1) is 9.95. The molecule has 2 aromatic rings.